The summed E-state index contributed by atoms with van der Waals surface area (Å²) in [6.45, 7) is 2.13. The number of carbonyl (C=O) groups is 3. The van der Waals surface area contributed by atoms with Crippen molar-refractivity contribution < 1.29 is 24.6 Å². The molecule has 1 unspecified atom stereocenters. The van der Waals surface area contributed by atoms with E-state index < -0.39 is 23.9 Å². The van der Waals surface area contributed by atoms with Gasteiger partial charge in [0.1, 0.15) is 6.04 Å². The summed E-state index contributed by atoms with van der Waals surface area (Å²) in [5, 5.41) is 20.0. The first-order valence-corrected chi connectivity index (χ1v) is 11.6. The second-order valence-corrected chi connectivity index (χ2v) is 7.36. The van der Waals surface area contributed by atoms with Gasteiger partial charge in [-0.05, 0) is 51.4 Å². The van der Waals surface area contributed by atoms with Gasteiger partial charge in [-0.2, -0.15) is 0 Å². The van der Waals surface area contributed by atoms with Crippen LogP contribution in [0.4, 0.5) is 0 Å². The fraction of sp³-hybridized carbons (Fsp3) is 0.444. The molecule has 1 amide bonds. The van der Waals surface area contributed by atoms with E-state index in [1.54, 1.807) is 0 Å². The van der Waals surface area contributed by atoms with Crippen LogP contribution in [-0.4, -0.2) is 34.1 Å². The molecular weight excluding hydrogens is 418 g/mol. The molecule has 33 heavy (non-hydrogen) atoms. The number of hydrogen-bond acceptors (Lipinski definition) is 3. The van der Waals surface area contributed by atoms with Gasteiger partial charge in [0.05, 0.1) is 0 Å². The van der Waals surface area contributed by atoms with Crippen LogP contribution in [0.1, 0.15) is 71.1 Å². The third-order valence-corrected chi connectivity index (χ3v) is 4.42. The first kappa shape index (κ1) is 29.9. The van der Waals surface area contributed by atoms with Crippen LogP contribution in [0.5, 0.6) is 0 Å². The maximum Gasteiger partial charge on any atom is 0.326 e. The van der Waals surface area contributed by atoms with Crippen molar-refractivity contribution in [1.29, 1.82) is 0 Å². The van der Waals surface area contributed by atoms with Crippen molar-refractivity contribution in [3.8, 4) is 0 Å². The fourth-order valence-electron chi connectivity index (χ4n) is 2.65. The first-order chi connectivity index (χ1) is 16.0. The number of nitrogens with one attached hydrogen (secondary N) is 1. The van der Waals surface area contributed by atoms with E-state index in [-0.39, 0.29) is 19.3 Å². The summed E-state index contributed by atoms with van der Waals surface area (Å²) < 4.78 is 0. The van der Waals surface area contributed by atoms with Gasteiger partial charge < -0.3 is 15.5 Å². The highest BCUT2D eigenvalue weighted by Gasteiger charge is 2.20. The molecule has 0 aromatic rings. The smallest absolute Gasteiger partial charge is 0.326 e. The summed E-state index contributed by atoms with van der Waals surface area (Å²) in [6.07, 6.45) is 31.2. The van der Waals surface area contributed by atoms with Crippen molar-refractivity contribution >= 4 is 17.8 Å². The minimum absolute atomic E-state index is 0.129. The van der Waals surface area contributed by atoms with Crippen LogP contribution >= 0.6 is 0 Å². The molecule has 0 rings (SSSR count). The molecule has 0 saturated heterocycles. The Morgan fingerprint density at radius 1 is 0.697 bits per heavy atom. The molecule has 0 aliphatic carbocycles. The molecule has 6 heteroatoms. The van der Waals surface area contributed by atoms with Gasteiger partial charge in [0, 0.05) is 12.8 Å². The maximum atomic E-state index is 11.8. The number of aliphatic carboxylic acids is 2. The molecule has 0 heterocycles. The van der Waals surface area contributed by atoms with E-state index in [9.17, 15) is 14.4 Å². The monoisotopic (exact) mass is 457 g/mol. The van der Waals surface area contributed by atoms with Gasteiger partial charge in [0.25, 0.3) is 0 Å². The molecule has 0 fully saturated rings. The average molecular weight is 458 g/mol. The van der Waals surface area contributed by atoms with Crippen LogP contribution in [0.2, 0.25) is 0 Å². The zero-order chi connectivity index (χ0) is 24.6. The number of carboxylic acids is 2. The van der Waals surface area contributed by atoms with Crippen LogP contribution in [-0.2, 0) is 14.4 Å². The molecular formula is C27H39NO5. The van der Waals surface area contributed by atoms with Crippen molar-refractivity contribution in [2.45, 2.75) is 77.2 Å². The Morgan fingerprint density at radius 3 is 1.88 bits per heavy atom. The van der Waals surface area contributed by atoms with Crippen molar-refractivity contribution in [3.63, 3.8) is 0 Å². The SMILES string of the molecule is CCC=CCC=CCCC=CC=CCC=CCC=CCCC(=O)NC(CCC(=O)O)C(=O)O. The number of carboxylic acid groups (broad SMARTS) is 2. The molecule has 0 bridgehead atoms. The number of carbonyl (C=O) groups excluding carboxylic acids is 1. The minimum Gasteiger partial charge on any atom is -0.481 e. The van der Waals surface area contributed by atoms with E-state index in [1.165, 1.54) is 0 Å². The summed E-state index contributed by atoms with van der Waals surface area (Å²) >= 11 is 0. The lowest BCUT2D eigenvalue weighted by Gasteiger charge is -2.12. The van der Waals surface area contributed by atoms with Gasteiger partial charge in [-0.3, -0.25) is 9.59 Å². The molecule has 0 aromatic carbocycles. The van der Waals surface area contributed by atoms with Crippen molar-refractivity contribution in [1.82, 2.24) is 5.32 Å². The number of unbranched alkanes of at least 4 members (excludes halogenated alkanes) is 1. The summed E-state index contributed by atoms with van der Waals surface area (Å²) in [4.78, 5) is 33.4. The van der Waals surface area contributed by atoms with E-state index in [4.69, 9.17) is 10.2 Å². The van der Waals surface area contributed by atoms with Crippen LogP contribution in [0, 0.1) is 0 Å². The fourth-order valence-corrected chi connectivity index (χ4v) is 2.65. The van der Waals surface area contributed by atoms with E-state index >= 15 is 0 Å². The molecule has 0 spiro atoms. The second-order valence-electron chi connectivity index (χ2n) is 7.36. The molecule has 1 atom stereocenters. The van der Waals surface area contributed by atoms with E-state index in [2.05, 4.69) is 66.9 Å². The Kier molecular flexibility index (Phi) is 20.0. The number of hydrogen-bond donors (Lipinski definition) is 3. The summed E-state index contributed by atoms with van der Waals surface area (Å²) in [5.41, 5.74) is 0. The Labute approximate surface area is 198 Å². The van der Waals surface area contributed by atoms with Crippen LogP contribution in [0.3, 0.4) is 0 Å². The molecule has 3 N–H and O–H groups in total. The van der Waals surface area contributed by atoms with Crippen molar-refractivity contribution in [3.05, 3.63) is 72.9 Å². The number of amides is 1. The van der Waals surface area contributed by atoms with Crippen LogP contribution in [0.15, 0.2) is 72.9 Å². The van der Waals surface area contributed by atoms with Gasteiger partial charge in [-0.15, -0.1) is 0 Å². The Bertz CT molecular complexity index is 729. The Morgan fingerprint density at radius 2 is 1.24 bits per heavy atom. The van der Waals surface area contributed by atoms with Crippen LogP contribution in [0.25, 0.3) is 0 Å². The maximum absolute atomic E-state index is 11.8. The Balaban J connectivity index is 3.83. The lowest BCUT2D eigenvalue weighted by Crippen LogP contribution is -2.40. The normalized spacial score (nSPS) is 13.4. The number of allylic oxidation sites excluding steroid dienone is 12. The van der Waals surface area contributed by atoms with E-state index in [0.717, 1.165) is 38.5 Å². The standard InChI is InChI=1S/C27H39NO5/c1-2-3-4-5-6-7-8-9-10-11-12-13-14-15-16-17-18-19-20-21-25(29)28-24(27(32)33)22-23-26(30)31/h3-4,6-7,10-13,15-16,18-19,24H,2,5,8-9,14,17,20-23H2,1H3,(H,28,29)(H,30,31)(H,32,33). The third kappa shape index (κ3) is 21.9. The molecule has 0 aliphatic heterocycles. The minimum atomic E-state index is -1.22. The molecule has 0 aliphatic rings. The molecule has 0 aromatic heterocycles. The quantitative estimate of drug-likeness (QED) is 0.127. The highest BCUT2D eigenvalue weighted by Crippen LogP contribution is 2.01. The van der Waals surface area contributed by atoms with E-state index in [1.807, 2.05) is 18.2 Å². The predicted molar refractivity (Wildman–Crippen MR) is 134 cm³/mol. The zero-order valence-electron chi connectivity index (χ0n) is 19.7. The largest absolute Gasteiger partial charge is 0.481 e. The predicted octanol–water partition coefficient (Wildman–Crippen LogP) is 5.90. The average Bonchev–Trinajstić information content (AvgIpc) is 2.77. The van der Waals surface area contributed by atoms with Gasteiger partial charge >= 0.3 is 11.9 Å². The Hall–Kier alpha value is -3.15. The molecule has 6 nitrogen and oxygen atoms in total. The first-order valence-electron chi connectivity index (χ1n) is 11.6. The van der Waals surface area contributed by atoms with Gasteiger partial charge in [-0.1, -0.05) is 79.8 Å². The zero-order valence-corrected chi connectivity index (χ0v) is 19.7. The van der Waals surface area contributed by atoms with Gasteiger partial charge in [0.2, 0.25) is 5.91 Å². The lowest BCUT2D eigenvalue weighted by atomic mass is 10.1. The topological polar surface area (TPSA) is 104 Å². The van der Waals surface area contributed by atoms with Crippen molar-refractivity contribution in [2.24, 2.45) is 0 Å². The molecule has 0 saturated carbocycles. The highest BCUT2D eigenvalue weighted by atomic mass is 16.4. The van der Waals surface area contributed by atoms with Crippen LogP contribution < -0.4 is 5.32 Å². The molecule has 182 valence electrons. The lowest BCUT2D eigenvalue weighted by molar-refractivity contribution is -0.143. The second kappa shape index (κ2) is 22.1. The van der Waals surface area contributed by atoms with Gasteiger partial charge in [-0.25, -0.2) is 4.79 Å². The summed E-state index contributed by atoms with van der Waals surface area (Å²) in [6, 6.07) is -1.17. The van der Waals surface area contributed by atoms with E-state index in [0.29, 0.717) is 6.42 Å². The van der Waals surface area contributed by atoms with Gasteiger partial charge in [0.15, 0.2) is 0 Å². The highest BCUT2D eigenvalue weighted by molar-refractivity contribution is 5.84. The van der Waals surface area contributed by atoms with Crippen molar-refractivity contribution in [2.75, 3.05) is 0 Å². The summed E-state index contributed by atoms with van der Waals surface area (Å²) in [5.74, 6) is -2.71. The summed E-state index contributed by atoms with van der Waals surface area (Å²) in [7, 11) is 0. The third-order valence-electron chi connectivity index (χ3n) is 4.42. The number of rotatable bonds is 19. The molecule has 0 radical (unpaired) electrons.